The fourth-order valence-electron chi connectivity index (χ4n) is 3.19. The Kier molecular flexibility index (Phi) is 12.9. The molecule has 1 aliphatic heterocycles. The van der Waals surface area contributed by atoms with Gasteiger partial charge in [0.05, 0.1) is 12.1 Å². The van der Waals surface area contributed by atoms with Gasteiger partial charge in [0.2, 0.25) is 0 Å². The molecule has 1 heterocycles. The van der Waals surface area contributed by atoms with Gasteiger partial charge in [-0.1, -0.05) is 83.3 Å². The molecule has 174 valence electrons. The first-order chi connectivity index (χ1) is 14.3. The van der Waals surface area contributed by atoms with E-state index in [2.05, 4.69) is 6.92 Å². The summed E-state index contributed by atoms with van der Waals surface area (Å²) >= 11 is 0. The van der Waals surface area contributed by atoms with E-state index in [1.54, 1.807) is 6.08 Å². The molecule has 0 bridgehead atoms. The van der Waals surface area contributed by atoms with Crippen LogP contribution in [0.5, 0.6) is 0 Å². The third-order valence-electron chi connectivity index (χ3n) is 5.37. The highest BCUT2D eigenvalue weighted by atomic mass is 31.1. The number of aliphatic hydroxyl groups excluding tert-OH is 2. The van der Waals surface area contributed by atoms with Crippen molar-refractivity contribution < 1.29 is 29.7 Å². The van der Waals surface area contributed by atoms with Gasteiger partial charge in [0.15, 0.2) is 6.29 Å². The second-order valence-electron chi connectivity index (χ2n) is 8.00. The lowest BCUT2D eigenvalue weighted by Crippen LogP contribution is -2.48. The van der Waals surface area contributed by atoms with E-state index in [4.69, 9.17) is 21.3 Å². The molecule has 0 saturated carbocycles. The van der Waals surface area contributed by atoms with E-state index in [0.29, 0.717) is 0 Å². The highest BCUT2D eigenvalue weighted by molar-refractivity contribution is 7.67. The molecule has 0 spiro atoms. The van der Waals surface area contributed by atoms with Crippen LogP contribution in [0.15, 0.2) is 12.2 Å². The minimum Gasteiger partial charge on any atom is -0.626 e. The molecule has 0 fully saturated rings. The van der Waals surface area contributed by atoms with Gasteiger partial charge < -0.3 is 25.9 Å². The van der Waals surface area contributed by atoms with Crippen LogP contribution in [0.4, 0.5) is 0 Å². The van der Waals surface area contributed by atoms with E-state index in [-0.39, 0.29) is 0 Å². The Bertz CT molecular complexity index is 586. The molecule has 0 aliphatic carbocycles. The van der Waals surface area contributed by atoms with Crippen molar-refractivity contribution in [3.05, 3.63) is 12.2 Å². The molecule has 0 aromatic carbocycles. The number of unbranched alkanes of at least 4 members (excludes halogenated alkanes) is 11. The number of nitrogens with two attached hydrogens (primary N) is 2. The van der Waals surface area contributed by atoms with Gasteiger partial charge in [-0.05, 0) is 12.8 Å². The molecule has 9 heteroatoms. The zero-order chi connectivity index (χ0) is 22.6. The van der Waals surface area contributed by atoms with Crippen LogP contribution in [-0.4, -0.2) is 50.5 Å². The number of aliphatic hydroxyl groups is 2. The zero-order valence-electron chi connectivity index (χ0n) is 18.0. The largest absolute Gasteiger partial charge is 0.626 e. The maximum atomic E-state index is 11.6. The lowest BCUT2D eigenvalue weighted by molar-refractivity contribution is -0.156. The Morgan fingerprint density at radius 3 is 2.07 bits per heavy atom. The van der Waals surface area contributed by atoms with Crippen LogP contribution < -0.4 is 16.4 Å². The first-order valence-corrected chi connectivity index (χ1v) is 12.3. The summed E-state index contributed by atoms with van der Waals surface area (Å²) in [6.45, 7) is 2.23. The lowest BCUT2D eigenvalue weighted by Gasteiger charge is -2.20. The number of carboxylic acid groups (broad SMARTS) is 1. The molecule has 0 aromatic rings. The normalized spacial score (nSPS) is 23.0. The van der Waals surface area contributed by atoms with Crippen LogP contribution in [0.2, 0.25) is 0 Å². The average Bonchev–Trinajstić information content (AvgIpc) is 3.25. The van der Waals surface area contributed by atoms with Crippen LogP contribution in [0.1, 0.15) is 84.0 Å². The van der Waals surface area contributed by atoms with Crippen LogP contribution in [0.3, 0.4) is 0 Å². The van der Waals surface area contributed by atoms with Crippen molar-refractivity contribution in [1.82, 2.24) is 0 Å². The number of carbonyl (C=O) groups is 1. The molecule has 1 aliphatic rings. The number of carboxylic acids is 1. The van der Waals surface area contributed by atoms with E-state index in [1.807, 2.05) is 0 Å². The van der Waals surface area contributed by atoms with Gasteiger partial charge >= 0.3 is 16.7 Å². The SMILES string of the molecule is CCCCCCCCCCCCC/C=C/[C@@H](O)[C@H](N)C(O)OC1=[P+]([O-])C1(N)C(=O)O. The number of hydrogen-bond donors (Lipinski definition) is 5. The van der Waals surface area contributed by atoms with Crippen molar-refractivity contribution in [2.45, 2.75) is 108 Å². The van der Waals surface area contributed by atoms with Crippen molar-refractivity contribution in [2.24, 2.45) is 11.5 Å². The number of aliphatic carboxylic acids is 1. The predicted molar refractivity (Wildman–Crippen MR) is 118 cm³/mol. The number of allylic oxidation sites excluding steroid dienone is 1. The third-order valence-corrected chi connectivity index (χ3v) is 7.01. The summed E-state index contributed by atoms with van der Waals surface area (Å²) in [5, 5.41) is 26.8. The third kappa shape index (κ3) is 8.71. The molecular formula is C21H39N2O6P. The van der Waals surface area contributed by atoms with Crippen LogP contribution in [0.25, 0.3) is 0 Å². The summed E-state index contributed by atoms with van der Waals surface area (Å²) in [5.74, 6) is -1.49. The summed E-state index contributed by atoms with van der Waals surface area (Å²) in [6.07, 6.45) is 15.1. The monoisotopic (exact) mass is 446 g/mol. The Labute approximate surface area is 180 Å². The topological polar surface area (TPSA) is 162 Å². The Morgan fingerprint density at radius 1 is 1.10 bits per heavy atom. The fourth-order valence-corrected chi connectivity index (χ4v) is 4.28. The summed E-state index contributed by atoms with van der Waals surface area (Å²) in [6, 6.07) is -1.21. The maximum absolute atomic E-state index is 11.6. The van der Waals surface area contributed by atoms with Crippen LogP contribution in [0, 0.1) is 0 Å². The Hall–Kier alpha value is -0.860. The van der Waals surface area contributed by atoms with Gasteiger partial charge in [-0.25, -0.2) is 4.79 Å². The Morgan fingerprint density at radius 2 is 1.60 bits per heavy atom. The molecule has 7 N–H and O–H groups in total. The van der Waals surface area contributed by atoms with E-state index in [0.717, 1.165) is 19.3 Å². The van der Waals surface area contributed by atoms with Gasteiger partial charge in [-0.15, -0.1) is 0 Å². The highest BCUT2D eigenvalue weighted by Gasteiger charge is 2.69. The predicted octanol–water partition coefficient (Wildman–Crippen LogP) is 1.91. The summed E-state index contributed by atoms with van der Waals surface area (Å²) in [4.78, 5) is 22.5. The average molecular weight is 447 g/mol. The van der Waals surface area contributed by atoms with Gasteiger partial charge in [-0.2, -0.15) is 0 Å². The van der Waals surface area contributed by atoms with Crippen molar-refractivity contribution in [3.8, 4) is 0 Å². The standard InChI is InChI=1S/C21H39N2O6P/c1-2-3-4-5-6-7-8-9-10-11-12-13-14-15-16(24)17(22)18(25)29-20-21(23,19(26)27)30(20)28/h14-18,24-25H,2-13,22-23H2,1H3,(H,26,27)/b15-14+/t16-,17+,18?,21?/m1/s1. The van der Waals surface area contributed by atoms with Gasteiger partial charge in [0, 0.05) is 0 Å². The molecule has 0 saturated heterocycles. The zero-order valence-corrected chi connectivity index (χ0v) is 18.9. The first kappa shape index (κ1) is 27.2. The molecule has 30 heavy (non-hydrogen) atoms. The summed E-state index contributed by atoms with van der Waals surface area (Å²) in [7, 11) is -2.42. The molecule has 1 rings (SSSR count). The first-order valence-electron chi connectivity index (χ1n) is 11.1. The van der Waals surface area contributed by atoms with Gasteiger partial charge in [0.1, 0.15) is 7.77 Å². The smallest absolute Gasteiger partial charge is 0.382 e. The fraction of sp³-hybridized carbons (Fsp3) is 0.810. The van der Waals surface area contributed by atoms with Crippen molar-refractivity contribution in [3.63, 3.8) is 0 Å². The van der Waals surface area contributed by atoms with E-state index < -0.39 is 42.9 Å². The molecule has 0 radical (unpaired) electrons. The number of ether oxygens (including phenoxy) is 1. The van der Waals surface area contributed by atoms with E-state index in [9.17, 15) is 19.9 Å². The molecule has 3 unspecified atom stereocenters. The van der Waals surface area contributed by atoms with E-state index >= 15 is 0 Å². The van der Waals surface area contributed by atoms with Crippen LogP contribution in [-0.2, 0) is 9.53 Å². The van der Waals surface area contributed by atoms with Gasteiger partial charge in [0.25, 0.3) is 0 Å². The van der Waals surface area contributed by atoms with E-state index in [1.165, 1.54) is 63.9 Å². The second-order valence-corrected chi connectivity index (χ2v) is 9.70. The van der Waals surface area contributed by atoms with Crippen molar-refractivity contribution in [2.75, 3.05) is 0 Å². The molecular weight excluding hydrogens is 407 g/mol. The van der Waals surface area contributed by atoms with Crippen LogP contribution >= 0.6 is 7.77 Å². The number of hydrogen-bond acceptors (Lipinski definition) is 7. The maximum Gasteiger partial charge on any atom is 0.382 e. The molecule has 0 aromatic heterocycles. The molecule has 0 amide bonds. The Balaban J connectivity index is 2.09. The summed E-state index contributed by atoms with van der Waals surface area (Å²) in [5.41, 5.74) is 10.7. The summed E-state index contributed by atoms with van der Waals surface area (Å²) < 4.78 is 4.92. The number of rotatable bonds is 18. The van der Waals surface area contributed by atoms with Crippen molar-refractivity contribution >= 4 is 19.2 Å². The van der Waals surface area contributed by atoms with Crippen molar-refractivity contribution in [1.29, 1.82) is 0 Å². The second kappa shape index (κ2) is 14.2. The molecule has 8 nitrogen and oxygen atoms in total. The molecule has 5 atom stereocenters. The lowest BCUT2D eigenvalue weighted by atomic mass is 10.0. The minimum atomic E-state index is -2.42. The quantitative estimate of drug-likeness (QED) is 0.0923. The highest BCUT2D eigenvalue weighted by Crippen LogP contribution is 2.49. The van der Waals surface area contributed by atoms with Gasteiger partial charge in [-0.3, -0.25) is 10.5 Å². The minimum absolute atomic E-state index is 0.412.